The molecule has 0 heterocycles. The molecule has 82 valence electrons. The summed E-state index contributed by atoms with van der Waals surface area (Å²) in [7, 11) is 0. The number of nitro groups is 1. The smallest absolute Gasteiger partial charge is 0.336 e. The number of rotatable bonds is 4. The molecule has 8 nitrogen and oxygen atoms in total. The number of aromatic carboxylic acids is 1. The maximum absolute atomic E-state index is 10.8. The van der Waals surface area contributed by atoms with E-state index in [2.05, 4.69) is 10.0 Å². The van der Waals surface area contributed by atoms with Crippen LogP contribution in [0.25, 0.3) is 10.4 Å². The second-order valence-corrected chi connectivity index (χ2v) is 2.75. The van der Waals surface area contributed by atoms with Gasteiger partial charge in [0.05, 0.1) is 22.6 Å². The molecule has 0 bridgehead atoms. The molecule has 0 aliphatic rings. The third kappa shape index (κ3) is 2.25. The van der Waals surface area contributed by atoms with Gasteiger partial charge >= 0.3 is 5.97 Å². The molecule has 0 atom stereocenters. The molecule has 1 N–H and O–H groups in total. The summed E-state index contributed by atoms with van der Waals surface area (Å²) in [6.07, 6.45) is 0. The molecule has 0 saturated carbocycles. The van der Waals surface area contributed by atoms with Crippen LogP contribution in [0.4, 0.5) is 5.69 Å². The van der Waals surface area contributed by atoms with E-state index >= 15 is 0 Å². The Morgan fingerprint density at radius 3 is 2.81 bits per heavy atom. The fraction of sp³-hybridized carbons (Fsp3) is 0.125. The van der Waals surface area contributed by atoms with Crippen molar-refractivity contribution in [3.63, 3.8) is 0 Å². The fourth-order valence-electron chi connectivity index (χ4n) is 1.21. The highest BCUT2D eigenvalue weighted by atomic mass is 16.6. The van der Waals surface area contributed by atoms with Crippen molar-refractivity contribution >= 4 is 11.7 Å². The topological polar surface area (TPSA) is 129 Å². The van der Waals surface area contributed by atoms with E-state index in [9.17, 15) is 14.9 Å². The van der Waals surface area contributed by atoms with E-state index in [1.165, 1.54) is 12.1 Å². The number of carboxylic acid groups (broad SMARTS) is 1. The first-order chi connectivity index (χ1) is 7.57. The van der Waals surface area contributed by atoms with E-state index < -0.39 is 10.9 Å². The van der Waals surface area contributed by atoms with Gasteiger partial charge in [-0.05, 0) is 11.6 Å². The lowest BCUT2D eigenvalue weighted by Crippen LogP contribution is -2.05. The normalized spacial score (nSPS) is 9.25. The molecule has 0 aliphatic carbocycles. The van der Waals surface area contributed by atoms with Crippen molar-refractivity contribution in [3.8, 4) is 0 Å². The lowest BCUT2D eigenvalue weighted by atomic mass is 10.1. The summed E-state index contributed by atoms with van der Waals surface area (Å²) in [4.78, 5) is 23.2. The van der Waals surface area contributed by atoms with Crippen LogP contribution in [-0.2, 0) is 6.54 Å². The number of nitro benzene ring substituents is 1. The Morgan fingerprint density at radius 2 is 2.31 bits per heavy atom. The molecule has 0 amide bonds. The molecule has 0 radical (unpaired) electrons. The number of carboxylic acids is 1. The van der Waals surface area contributed by atoms with Gasteiger partial charge in [-0.3, -0.25) is 10.1 Å². The Labute approximate surface area is 88.9 Å². The highest BCUT2D eigenvalue weighted by Crippen LogP contribution is 2.23. The molecule has 1 aromatic rings. The monoisotopic (exact) mass is 222 g/mol. The highest BCUT2D eigenvalue weighted by Gasteiger charge is 2.20. The Bertz CT molecular complexity index is 461. The summed E-state index contributed by atoms with van der Waals surface area (Å²) in [6, 6.07) is 3.65. The van der Waals surface area contributed by atoms with E-state index in [4.69, 9.17) is 10.6 Å². The Hall–Kier alpha value is -2.60. The maximum Gasteiger partial charge on any atom is 0.336 e. The SMILES string of the molecule is [N-]=[N+]=NCc1c(C(=O)O)cccc1[N+](=O)[O-]. The molecule has 16 heavy (non-hydrogen) atoms. The molecule has 8 heteroatoms. The molecule has 0 fully saturated rings. The first-order valence-corrected chi connectivity index (χ1v) is 4.08. The molecule has 0 unspecified atom stereocenters. The van der Waals surface area contributed by atoms with Gasteiger partial charge in [0.25, 0.3) is 5.69 Å². The quantitative estimate of drug-likeness (QED) is 0.275. The minimum atomic E-state index is -1.30. The Morgan fingerprint density at radius 1 is 1.62 bits per heavy atom. The maximum atomic E-state index is 10.8. The van der Waals surface area contributed by atoms with Crippen molar-refractivity contribution in [3.05, 3.63) is 49.9 Å². The summed E-state index contributed by atoms with van der Waals surface area (Å²) >= 11 is 0. The number of azide groups is 1. The summed E-state index contributed by atoms with van der Waals surface area (Å²) in [6.45, 7) is -0.366. The number of hydrogen-bond donors (Lipinski definition) is 1. The number of carbonyl (C=O) groups is 1. The van der Waals surface area contributed by atoms with Crippen molar-refractivity contribution in [2.45, 2.75) is 6.54 Å². The fourth-order valence-corrected chi connectivity index (χ4v) is 1.21. The zero-order valence-electron chi connectivity index (χ0n) is 7.90. The van der Waals surface area contributed by atoms with Crippen LogP contribution >= 0.6 is 0 Å². The van der Waals surface area contributed by atoms with Crippen LogP contribution in [0.2, 0.25) is 0 Å². The van der Waals surface area contributed by atoms with Crippen LogP contribution in [0.15, 0.2) is 23.3 Å². The zero-order chi connectivity index (χ0) is 12.1. The van der Waals surface area contributed by atoms with Crippen LogP contribution < -0.4 is 0 Å². The van der Waals surface area contributed by atoms with Crippen LogP contribution in [0, 0.1) is 10.1 Å². The molecule has 0 saturated heterocycles. The zero-order valence-corrected chi connectivity index (χ0v) is 7.90. The van der Waals surface area contributed by atoms with Crippen LogP contribution in [0.1, 0.15) is 15.9 Å². The van der Waals surface area contributed by atoms with Gasteiger partial charge < -0.3 is 5.11 Å². The Kier molecular flexibility index (Phi) is 3.41. The van der Waals surface area contributed by atoms with Crippen LogP contribution in [0.3, 0.4) is 0 Å². The van der Waals surface area contributed by atoms with Crippen molar-refractivity contribution in [1.29, 1.82) is 0 Å². The van der Waals surface area contributed by atoms with E-state index in [1.54, 1.807) is 0 Å². The van der Waals surface area contributed by atoms with Gasteiger partial charge in [0.2, 0.25) is 0 Å². The van der Waals surface area contributed by atoms with Crippen molar-refractivity contribution in [2.75, 3.05) is 0 Å². The van der Waals surface area contributed by atoms with Gasteiger partial charge in [-0.2, -0.15) is 0 Å². The van der Waals surface area contributed by atoms with E-state index in [-0.39, 0.29) is 23.4 Å². The van der Waals surface area contributed by atoms with Gasteiger partial charge in [-0.1, -0.05) is 11.2 Å². The Balaban J connectivity index is 3.39. The van der Waals surface area contributed by atoms with E-state index in [0.717, 1.165) is 6.07 Å². The van der Waals surface area contributed by atoms with Gasteiger partial charge in [-0.25, -0.2) is 4.79 Å². The predicted octanol–water partition coefficient (Wildman–Crippen LogP) is 2.10. The summed E-state index contributed by atoms with van der Waals surface area (Å²) in [5, 5.41) is 22.6. The lowest BCUT2D eigenvalue weighted by molar-refractivity contribution is -0.385. The minimum Gasteiger partial charge on any atom is -0.478 e. The van der Waals surface area contributed by atoms with Crippen molar-refractivity contribution in [1.82, 2.24) is 0 Å². The number of hydrogen-bond acceptors (Lipinski definition) is 4. The molecule has 0 aromatic heterocycles. The molecule has 0 spiro atoms. The third-order valence-electron chi connectivity index (χ3n) is 1.87. The summed E-state index contributed by atoms with van der Waals surface area (Å²) in [5.74, 6) is -1.30. The van der Waals surface area contributed by atoms with E-state index in [1.807, 2.05) is 0 Å². The second kappa shape index (κ2) is 4.76. The molecular formula is C8H6N4O4. The third-order valence-corrected chi connectivity index (χ3v) is 1.87. The first-order valence-electron chi connectivity index (χ1n) is 4.08. The number of benzene rings is 1. The van der Waals surface area contributed by atoms with Crippen LogP contribution in [0.5, 0.6) is 0 Å². The molecule has 1 rings (SSSR count). The minimum absolute atomic E-state index is 0.0993. The molecule has 1 aromatic carbocycles. The average Bonchev–Trinajstić information content (AvgIpc) is 2.25. The largest absolute Gasteiger partial charge is 0.478 e. The van der Waals surface area contributed by atoms with Crippen molar-refractivity contribution < 1.29 is 14.8 Å². The summed E-state index contributed by atoms with van der Waals surface area (Å²) < 4.78 is 0. The first kappa shape index (κ1) is 11.5. The second-order valence-electron chi connectivity index (χ2n) is 2.75. The standard InChI is InChI=1S/C8H6N4O4/c9-11-10-4-6-5(8(13)14)2-1-3-7(6)12(15)16/h1-3H,4H2,(H,13,14). The molecule has 0 aliphatic heterocycles. The summed E-state index contributed by atoms with van der Waals surface area (Å²) in [5.41, 5.74) is 7.43. The van der Waals surface area contributed by atoms with Gasteiger partial charge in [0.1, 0.15) is 0 Å². The van der Waals surface area contributed by atoms with Gasteiger partial charge in [0.15, 0.2) is 0 Å². The number of nitrogens with zero attached hydrogens (tertiary/aromatic N) is 4. The lowest BCUT2D eigenvalue weighted by Gasteiger charge is -2.03. The van der Waals surface area contributed by atoms with E-state index in [0.29, 0.717) is 0 Å². The van der Waals surface area contributed by atoms with Gasteiger partial charge in [-0.15, -0.1) is 0 Å². The average molecular weight is 222 g/mol. The van der Waals surface area contributed by atoms with Gasteiger partial charge in [0, 0.05) is 11.0 Å². The van der Waals surface area contributed by atoms with Crippen molar-refractivity contribution in [2.24, 2.45) is 5.11 Å². The van der Waals surface area contributed by atoms with Crippen LogP contribution in [-0.4, -0.2) is 16.0 Å². The predicted molar refractivity (Wildman–Crippen MR) is 52.9 cm³/mol. The highest BCUT2D eigenvalue weighted by molar-refractivity contribution is 5.90. The molecular weight excluding hydrogens is 216 g/mol.